The number of hydrogen-bond donors (Lipinski definition) is 2. The third kappa shape index (κ3) is 3.07. The number of likely N-dealkylation sites (tertiary alicyclic amines) is 1. The summed E-state index contributed by atoms with van der Waals surface area (Å²) in [5.74, 6) is 0.946. The Morgan fingerprint density at radius 2 is 1.95 bits per heavy atom. The van der Waals surface area contributed by atoms with E-state index in [4.69, 9.17) is 0 Å². The summed E-state index contributed by atoms with van der Waals surface area (Å²) in [6, 6.07) is 0.536. The fourth-order valence-electron chi connectivity index (χ4n) is 4.33. The van der Waals surface area contributed by atoms with Crippen LogP contribution < -0.4 is 10.6 Å². The van der Waals surface area contributed by atoms with Gasteiger partial charge in [-0.1, -0.05) is 12.8 Å². The highest BCUT2D eigenvalue weighted by molar-refractivity contribution is 5.84. The van der Waals surface area contributed by atoms with Crippen LogP contribution in [0.4, 0.5) is 0 Å². The quantitative estimate of drug-likeness (QED) is 0.795. The van der Waals surface area contributed by atoms with Gasteiger partial charge in [-0.05, 0) is 38.0 Å². The van der Waals surface area contributed by atoms with Crippen LogP contribution in [0, 0.1) is 11.8 Å². The molecule has 21 heavy (non-hydrogen) atoms. The second-order valence-corrected chi connectivity index (χ2v) is 6.84. The average molecular weight is 293 g/mol. The maximum atomic E-state index is 12.7. The third-order valence-electron chi connectivity index (χ3n) is 5.51. The Bertz CT molecular complexity index is 398. The van der Waals surface area contributed by atoms with E-state index in [0.717, 1.165) is 25.8 Å². The molecule has 4 atom stereocenters. The first kappa shape index (κ1) is 14.8. The first-order valence-corrected chi connectivity index (χ1v) is 8.45. The average Bonchev–Trinajstić information content (AvgIpc) is 2.97. The van der Waals surface area contributed by atoms with Crippen molar-refractivity contribution in [3.05, 3.63) is 0 Å². The molecule has 3 rings (SSSR count). The lowest BCUT2D eigenvalue weighted by atomic mass is 9.85. The van der Waals surface area contributed by atoms with Crippen molar-refractivity contribution in [2.75, 3.05) is 20.1 Å². The summed E-state index contributed by atoms with van der Waals surface area (Å²) >= 11 is 0. The number of amides is 2. The van der Waals surface area contributed by atoms with E-state index < -0.39 is 0 Å². The Balaban J connectivity index is 1.58. The molecule has 0 radical (unpaired) electrons. The van der Waals surface area contributed by atoms with Crippen molar-refractivity contribution < 1.29 is 9.59 Å². The zero-order valence-electron chi connectivity index (χ0n) is 12.9. The van der Waals surface area contributed by atoms with E-state index >= 15 is 0 Å². The Labute approximate surface area is 126 Å². The van der Waals surface area contributed by atoms with Gasteiger partial charge in [-0.25, -0.2) is 0 Å². The number of fused-ring (bicyclic) bond motifs is 1. The van der Waals surface area contributed by atoms with E-state index in [2.05, 4.69) is 10.6 Å². The molecule has 2 N–H and O–H groups in total. The molecule has 0 aromatic carbocycles. The number of carbonyl (C=O) groups is 2. The second kappa shape index (κ2) is 6.34. The van der Waals surface area contributed by atoms with Crippen LogP contribution >= 0.6 is 0 Å². The van der Waals surface area contributed by atoms with Crippen LogP contribution in [-0.2, 0) is 9.59 Å². The molecular weight excluding hydrogens is 266 g/mol. The lowest BCUT2D eigenvalue weighted by Crippen LogP contribution is -2.51. The summed E-state index contributed by atoms with van der Waals surface area (Å²) in [5, 5.41) is 6.27. The topological polar surface area (TPSA) is 61.4 Å². The number of nitrogens with one attached hydrogen (secondary N) is 2. The molecule has 118 valence electrons. The molecule has 0 aromatic heterocycles. The molecular formula is C16H27N3O2. The van der Waals surface area contributed by atoms with Crippen LogP contribution in [-0.4, -0.2) is 48.9 Å². The van der Waals surface area contributed by atoms with Crippen molar-refractivity contribution in [2.24, 2.45) is 11.8 Å². The molecule has 2 saturated heterocycles. The molecule has 3 fully saturated rings. The van der Waals surface area contributed by atoms with Gasteiger partial charge in [-0.3, -0.25) is 9.59 Å². The van der Waals surface area contributed by atoms with Gasteiger partial charge in [-0.2, -0.15) is 0 Å². The summed E-state index contributed by atoms with van der Waals surface area (Å²) < 4.78 is 0. The molecule has 0 aromatic rings. The van der Waals surface area contributed by atoms with E-state index in [1.54, 1.807) is 7.05 Å². The van der Waals surface area contributed by atoms with Gasteiger partial charge in [0, 0.05) is 26.2 Å². The number of hydrogen-bond acceptors (Lipinski definition) is 3. The van der Waals surface area contributed by atoms with Crippen LogP contribution in [0.25, 0.3) is 0 Å². The second-order valence-electron chi connectivity index (χ2n) is 6.84. The Kier molecular flexibility index (Phi) is 4.48. The number of carbonyl (C=O) groups excluding carboxylic acids is 2. The van der Waals surface area contributed by atoms with Crippen molar-refractivity contribution in [3.8, 4) is 0 Å². The van der Waals surface area contributed by atoms with Gasteiger partial charge in [-0.15, -0.1) is 0 Å². The summed E-state index contributed by atoms with van der Waals surface area (Å²) in [7, 11) is 1.67. The van der Waals surface area contributed by atoms with Crippen molar-refractivity contribution in [3.63, 3.8) is 0 Å². The molecule has 4 unspecified atom stereocenters. The molecule has 1 aliphatic carbocycles. The number of nitrogens with zero attached hydrogens (tertiary/aromatic N) is 1. The van der Waals surface area contributed by atoms with Crippen LogP contribution in [0.1, 0.15) is 44.9 Å². The summed E-state index contributed by atoms with van der Waals surface area (Å²) in [6.45, 7) is 1.39. The van der Waals surface area contributed by atoms with Crippen molar-refractivity contribution in [2.45, 2.75) is 57.0 Å². The van der Waals surface area contributed by atoms with Crippen LogP contribution in [0.5, 0.6) is 0 Å². The summed E-state index contributed by atoms with van der Waals surface area (Å²) in [5.41, 5.74) is 0. The fourth-order valence-corrected chi connectivity index (χ4v) is 4.33. The maximum absolute atomic E-state index is 12.7. The monoisotopic (exact) mass is 293 g/mol. The minimum atomic E-state index is -0.0311. The maximum Gasteiger partial charge on any atom is 0.239 e. The summed E-state index contributed by atoms with van der Waals surface area (Å²) in [4.78, 5) is 26.4. The minimum Gasteiger partial charge on any atom is -0.359 e. The largest absolute Gasteiger partial charge is 0.359 e. The normalized spacial score (nSPS) is 36.1. The summed E-state index contributed by atoms with van der Waals surface area (Å²) in [6.07, 6.45) is 7.90. The highest BCUT2D eigenvalue weighted by Gasteiger charge is 2.40. The Morgan fingerprint density at radius 3 is 2.71 bits per heavy atom. The smallest absolute Gasteiger partial charge is 0.239 e. The third-order valence-corrected chi connectivity index (χ3v) is 5.51. The highest BCUT2D eigenvalue weighted by Crippen LogP contribution is 2.34. The minimum absolute atomic E-state index is 0.0125. The molecule has 2 amide bonds. The van der Waals surface area contributed by atoms with Crippen LogP contribution in [0.15, 0.2) is 0 Å². The first-order chi connectivity index (χ1) is 10.2. The fraction of sp³-hybridized carbons (Fsp3) is 0.875. The molecule has 1 saturated carbocycles. The lowest BCUT2D eigenvalue weighted by Gasteiger charge is -2.33. The van der Waals surface area contributed by atoms with E-state index in [1.165, 1.54) is 25.7 Å². The van der Waals surface area contributed by atoms with E-state index in [1.807, 2.05) is 4.90 Å². The predicted octanol–water partition coefficient (Wildman–Crippen LogP) is 0.892. The lowest BCUT2D eigenvalue weighted by molar-refractivity contribution is -0.137. The molecule has 5 heteroatoms. The van der Waals surface area contributed by atoms with Gasteiger partial charge in [0.1, 0.15) is 0 Å². The van der Waals surface area contributed by atoms with Crippen molar-refractivity contribution >= 4 is 11.8 Å². The van der Waals surface area contributed by atoms with E-state index in [-0.39, 0.29) is 23.8 Å². The van der Waals surface area contributed by atoms with Gasteiger partial charge in [0.15, 0.2) is 0 Å². The Morgan fingerprint density at radius 1 is 1.14 bits per heavy atom. The predicted molar refractivity (Wildman–Crippen MR) is 80.7 cm³/mol. The number of rotatable bonds is 2. The highest BCUT2D eigenvalue weighted by atomic mass is 16.2. The Hall–Kier alpha value is -1.10. The van der Waals surface area contributed by atoms with E-state index in [0.29, 0.717) is 18.5 Å². The molecule has 2 aliphatic heterocycles. The zero-order valence-corrected chi connectivity index (χ0v) is 12.9. The van der Waals surface area contributed by atoms with Gasteiger partial charge in [0.25, 0.3) is 0 Å². The van der Waals surface area contributed by atoms with Gasteiger partial charge in [0.05, 0.1) is 12.0 Å². The first-order valence-electron chi connectivity index (χ1n) is 8.45. The number of piperidine rings is 1. The molecule has 2 heterocycles. The van der Waals surface area contributed by atoms with Gasteiger partial charge >= 0.3 is 0 Å². The SMILES string of the molecule is CNC(=O)C1CCCN(C(=O)C2CC3CCCCC3N2)C1. The van der Waals surface area contributed by atoms with E-state index in [9.17, 15) is 9.59 Å². The van der Waals surface area contributed by atoms with Gasteiger partial charge in [0.2, 0.25) is 11.8 Å². The molecule has 0 spiro atoms. The van der Waals surface area contributed by atoms with Crippen molar-refractivity contribution in [1.82, 2.24) is 15.5 Å². The zero-order chi connectivity index (χ0) is 14.8. The van der Waals surface area contributed by atoms with Crippen LogP contribution in [0.2, 0.25) is 0 Å². The van der Waals surface area contributed by atoms with Crippen LogP contribution in [0.3, 0.4) is 0 Å². The molecule has 5 nitrogen and oxygen atoms in total. The van der Waals surface area contributed by atoms with Gasteiger partial charge < -0.3 is 15.5 Å². The van der Waals surface area contributed by atoms with Crippen molar-refractivity contribution in [1.29, 1.82) is 0 Å². The standard InChI is InChI=1S/C16H27N3O2/c1-17-15(20)12-6-4-8-19(10-12)16(21)14-9-11-5-2-3-7-13(11)18-14/h11-14,18H,2-10H2,1H3,(H,17,20). The molecule has 3 aliphatic rings. The molecule has 0 bridgehead atoms.